The van der Waals surface area contributed by atoms with Gasteiger partial charge in [0.1, 0.15) is 0 Å². The van der Waals surface area contributed by atoms with Crippen LogP contribution in [-0.4, -0.2) is 4.57 Å². The molecule has 11 aromatic rings. The minimum absolute atomic E-state index is 0.706. The molecule has 0 spiro atoms. The molecule has 0 amide bonds. The van der Waals surface area contributed by atoms with E-state index in [1.165, 1.54) is 65.3 Å². The number of nitriles is 1. The molecule has 53 heavy (non-hydrogen) atoms. The highest BCUT2D eigenvalue weighted by atomic mass is 15.0. The molecule has 11 rings (SSSR count). The van der Waals surface area contributed by atoms with E-state index in [0.717, 1.165) is 38.6 Å². The monoisotopic (exact) mass is 670 g/mol. The van der Waals surface area contributed by atoms with Gasteiger partial charge >= 0.3 is 0 Å². The van der Waals surface area contributed by atoms with Crippen molar-refractivity contribution in [3.63, 3.8) is 0 Å². The molecule has 0 saturated heterocycles. The normalized spacial score (nSPS) is 11.8. The van der Waals surface area contributed by atoms with E-state index in [0.29, 0.717) is 5.56 Å². The molecule has 0 aliphatic heterocycles. The second-order valence-corrected chi connectivity index (χ2v) is 14.0. The maximum Gasteiger partial charge on any atom is 0.0998 e. The standard InChI is InChI=1S/C51H30N2/c52-31-36-24-26-48-51-39(36)25-23-35-27-37(28-49(50(35)51)53(48)38-13-5-2-6-14-38)32-19-21-34(22-20-32)45-30-47-42-17-9-7-15-40(42)44(33-11-3-1-4-12-33)29-46(47)43-18-10-8-16-41(43)45/h1-30H. The Balaban J connectivity index is 1.10. The maximum absolute atomic E-state index is 9.94. The second kappa shape index (κ2) is 11.4. The van der Waals surface area contributed by atoms with Crippen LogP contribution in [0.25, 0.3) is 104 Å². The van der Waals surface area contributed by atoms with Crippen LogP contribution in [0.3, 0.4) is 0 Å². The lowest BCUT2D eigenvalue weighted by atomic mass is 9.87. The van der Waals surface area contributed by atoms with E-state index in [1.54, 1.807) is 0 Å². The summed E-state index contributed by atoms with van der Waals surface area (Å²) in [6, 6.07) is 68.1. The van der Waals surface area contributed by atoms with Crippen LogP contribution in [0.15, 0.2) is 182 Å². The molecule has 244 valence electrons. The summed E-state index contributed by atoms with van der Waals surface area (Å²) in [4.78, 5) is 0. The Labute approximate surface area is 306 Å². The zero-order chi connectivity index (χ0) is 35.0. The Hall–Kier alpha value is -7.21. The molecular formula is C51H30N2. The van der Waals surface area contributed by atoms with Crippen LogP contribution < -0.4 is 0 Å². The van der Waals surface area contributed by atoms with Gasteiger partial charge in [0, 0.05) is 21.8 Å². The van der Waals surface area contributed by atoms with Crippen molar-refractivity contribution in [1.82, 2.24) is 4.57 Å². The number of para-hydroxylation sites is 1. The molecule has 0 bridgehead atoms. The molecular weight excluding hydrogens is 641 g/mol. The fourth-order valence-corrected chi connectivity index (χ4v) is 8.77. The molecule has 0 unspecified atom stereocenters. The molecule has 0 fully saturated rings. The Morgan fingerprint density at radius 1 is 0.358 bits per heavy atom. The molecule has 0 radical (unpaired) electrons. The van der Waals surface area contributed by atoms with Gasteiger partial charge < -0.3 is 4.57 Å². The van der Waals surface area contributed by atoms with Crippen LogP contribution in [0.4, 0.5) is 0 Å². The van der Waals surface area contributed by atoms with Crippen LogP contribution >= 0.6 is 0 Å². The van der Waals surface area contributed by atoms with Gasteiger partial charge in [0.2, 0.25) is 0 Å². The van der Waals surface area contributed by atoms with Gasteiger partial charge in [0.15, 0.2) is 0 Å². The highest BCUT2D eigenvalue weighted by molar-refractivity contribution is 6.26. The molecule has 0 saturated carbocycles. The number of rotatable bonds is 4. The van der Waals surface area contributed by atoms with E-state index in [2.05, 4.69) is 187 Å². The van der Waals surface area contributed by atoms with E-state index in [4.69, 9.17) is 0 Å². The van der Waals surface area contributed by atoms with E-state index in [9.17, 15) is 5.26 Å². The molecule has 0 N–H and O–H groups in total. The summed E-state index contributed by atoms with van der Waals surface area (Å²) in [5.74, 6) is 0. The van der Waals surface area contributed by atoms with Crippen molar-refractivity contribution in [2.45, 2.75) is 0 Å². The Morgan fingerprint density at radius 3 is 1.57 bits per heavy atom. The topological polar surface area (TPSA) is 28.7 Å². The fourth-order valence-electron chi connectivity index (χ4n) is 8.77. The summed E-state index contributed by atoms with van der Waals surface area (Å²) in [6.07, 6.45) is 0. The third kappa shape index (κ3) is 4.38. The van der Waals surface area contributed by atoms with Crippen molar-refractivity contribution in [2.75, 3.05) is 0 Å². The highest BCUT2D eigenvalue weighted by Crippen LogP contribution is 2.44. The summed E-state index contributed by atoms with van der Waals surface area (Å²) in [7, 11) is 0. The lowest BCUT2D eigenvalue weighted by Gasteiger charge is -2.16. The molecule has 0 aliphatic carbocycles. The molecule has 0 atom stereocenters. The predicted molar refractivity (Wildman–Crippen MR) is 223 cm³/mol. The van der Waals surface area contributed by atoms with Gasteiger partial charge in [0.25, 0.3) is 0 Å². The Kier molecular flexibility index (Phi) is 6.35. The Bertz CT molecular complexity index is 3260. The van der Waals surface area contributed by atoms with E-state index in [1.807, 2.05) is 6.07 Å². The van der Waals surface area contributed by atoms with Crippen molar-refractivity contribution in [2.24, 2.45) is 0 Å². The molecule has 1 aromatic heterocycles. The van der Waals surface area contributed by atoms with Crippen molar-refractivity contribution < 1.29 is 0 Å². The summed E-state index contributed by atoms with van der Waals surface area (Å²) in [6.45, 7) is 0. The fraction of sp³-hybridized carbons (Fsp3) is 0. The molecule has 2 heteroatoms. The summed E-state index contributed by atoms with van der Waals surface area (Å²) in [5, 5.41) is 22.0. The van der Waals surface area contributed by atoms with E-state index >= 15 is 0 Å². The van der Waals surface area contributed by atoms with Gasteiger partial charge in [0.05, 0.1) is 22.7 Å². The quantitative estimate of drug-likeness (QED) is 0.171. The molecule has 0 aliphatic rings. The van der Waals surface area contributed by atoms with Crippen molar-refractivity contribution in [3.05, 3.63) is 188 Å². The minimum Gasteiger partial charge on any atom is -0.309 e. The molecule has 2 nitrogen and oxygen atoms in total. The number of hydrogen-bond donors (Lipinski definition) is 0. The van der Waals surface area contributed by atoms with Crippen LogP contribution in [0.5, 0.6) is 0 Å². The van der Waals surface area contributed by atoms with Gasteiger partial charge in [-0.1, -0.05) is 133 Å². The van der Waals surface area contributed by atoms with Gasteiger partial charge in [-0.3, -0.25) is 0 Å². The minimum atomic E-state index is 0.706. The lowest BCUT2D eigenvalue weighted by molar-refractivity contribution is 1.18. The molecule has 10 aromatic carbocycles. The first-order valence-corrected chi connectivity index (χ1v) is 18.1. The van der Waals surface area contributed by atoms with Gasteiger partial charge in [-0.25, -0.2) is 0 Å². The summed E-state index contributed by atoms with van der Waals surface area (Å²) in [5.41, 5.74) is 11.3. The van der Waals surface area contributed by atoms with E-state index in [-0.39, 0.29) is 0 Å². The van der Waals surface area contributed by atoms with Crippen molar-refractivity contribution in [1.29, 1.82) is 5.26 Å². The number of nitrogens with zero attached hydrogens (tertiary/aromatic N) is 2. The zero-order valence-corrected chi connectivity index (χ0v) is 28.7. The van der Waals surface area contributed by atoms with Gasteiger partial charge in [-0.05, 0) is 120 Å². The largest absolute Gasteiger partial charge is 0.309 e. The molecule has 1 heterocycles. The van der Waals surface area contributed by atoms with Gasteiger partial charge in [-0.2, -0.15) is 5.26 Å². The third-order valence-corrected chi connectivity index (χ3v) is 11.2. The first-order valence-electron chi connectivity index (χ1n) is 18.1. The van der Waals surface area contributed by atoms with Crippen LogP contribution in [0.1, 0.15) is 5.56 Å². The number of hydrogen-bond acceptors (Lipinski definition) is 1. The Morgan fingerprint density at radius 2 is 0.925 bits per heavy atom. The summed E-state index contributed by atoms with van der Waals surface area (Å²) >= 11 is 0. The number of fused-ring (bicyclic) bond motifs is 5. The average Bonchev–Trinajstić information content (AvgIpc) is 3.57. The first-order chi connectivity index (χ1) is 26.2. The SMILES string of the molecule is N#Cc1ccc2c3c1ccc1cc(-c4ccc(-c5cc6c7ccccc7c(-c7ccccc7)cc6c6ccccc56)cc4)cc(c13)n2-c1ccccc1. The van der Waals surface area contributed by atoms with Crippen molar-refractivity contribution in [3.8, 4) is 45.1 Å². The smallest absolute Gasteiger partial charge is 0.0998 e. The zero-order valence-electron chi connectivity index (χ0n) is 28.7. The highest BCUT2D eigenvalue weighted by Gasteiger charge is 2.20. The predicted octanol–water partition coefficient (Wildman–Crippen LogP) is 13.7. The van der Waals surface area contributed by atoms with Crippen molar-refractivity contribution >= 4 is 64.9 Å². The van der Waals surface area contributed by atoms with Crippen LogP contribution in [0.2, 0.25) is 0 Å². The van der Waals surface area contributed by atoms with Crippen LogP contribution in [-0.2, 0) is 0 Å². The third-order valence-electron chi connectivity index (χ3n) is 11.2. The number of aromatic nitrogens is 1. The van der Waals surface area contributed by atoms with Crippen LogP contribution in [0, 0.1) is 11.3 Å². The maximum atomic E-state index is 9.94. The first kappa shape index (κ1) is 29.5. The van der Waals surface area contributed by atoms with Gasteiger partial charge in [-0.15, -0.1) is 0 Å². The van der Waals surface area contributed by atoms with E-state index < -0.39 is 0 Å². The lowest BCUT2D eigenvalue weighted by Crippen LogP contribution is -1.93. The average molecular weight is 671 g/mol. The number of benzene rings is 10. The summed E-state index contributed by atoms with van der Waals surface area (Å²) < 4.78 is 2.35. The second-order valence-electron chi connectivity index (χ2n) is 14.0.